The minimum Gasteiger partial charge on any atom is -0.368 e. The number of anilines is 1. The molecular weight excluding hydrogens is 389 g/mol. The van der Waals surface area contributed by atoms with Gasteiger partial charge in [0, 0.05) is 37.6 Å². The average molecular weight is 412 g/mol. The minimum atomic E-state index is -0.238. The Hall–Kier alpha value is -2.87. The molecule has 2 heterocycles. The van der Waals surface area contributed by atoms with Crippen molar-refractivity contribution in [3.8, 4) is 5.69 Å². The highest BCUT2D eigenvalue weighted by molar-refractivity contribution is 7.99. The minimum absolute atomic E-state index is 0.0917. The zero-order chi connectivity index (χ0) is 20.2. The molecule has 0 aliphatic carbocycles. The van der Waals surface area contributed by atoms with E-state index >= 15 is 0 Å². The summed E-state index contributed by atoms with van der Waals surface area (Å²) in [6, 6.07) is 16.4. The Bertz CT molecular complexity index is 968. The van der Waals surface area contributed by atoms with Gasteiger partial charge in [-0.3, -0.25) is 9.36 Å². The molecule has 150 valence electrons. The summed E-state index contributed by atoms with van der Waals surface area (Å²) in [5.41, 5.74) is 1.97. The number of rotatable bonds is 5. The summed E-state index contributed by atoms with van der Waals surface area (Å²) in [6.07, 6.45) is 0. The van der Waals surface area contributed by atoms with Gasteiger partial charge in [-0.05, 0) is 43.3 Å². The second-order valence-electron chi connectivity index (χ2n) is 6.83. The third-order valence-corrected chi connectivity index (χ3v) is 5.87. The number of halogens is 1. The number of carbonyl (C=O) groups is 1. The summed E-state index contributed by atoms with van der Waals surface area (Å²) in [7, 11) is 0. The molecule has 1 saturated heterocycles. The monoisotopic (exact) mass is 411 g/mol. The highest BCUT2D eigenvalue weighted by Crippen LogP contribution is 2.23. The molecule has 1 amide bonds. The van der Waals surface area contributed by atoms with E-state index in [1.807, 2.05) is 46.7 Å². The molecule has 0 saturated carbocycles. The number of carbonyl (C=O) groups excluding carboxylic acids is 1. The summed E-state index contributed by atoms with van der Waals surface area (Å²) in [5.74, 6) is 0.966. The van der Waals surface area contributed by atoms with E-state index in [9.17, 15) is 9.18 Å². The van der Waals surface area contributed by atoms with Crippen LogP contribution in [0.5, 0.6) is 0 Å². The number of aromatic nitrogens is 3. The van der Waals surface area contributed by atoms with Gasteiger partial charge >= 0.3 is 0 Å². The number of benzene rings is 2. The summed E-state index contributed by atoms with van der Waals surface area (Å²) < 4.78 is 15.1. The Kier molecular flexibility index (Phi) is 5.80. The van der Waals surface area contributed by atoms with Crippen molar-refractivity contribution in [3.05, 3.63) is 66.2 Å². The lowest BCUT2D eigenvalue weighted by molar-refractivity contribution is -0.128. The van der Waals surface area contributed by atoms with Crippen molar-refractivity contribution in [2.75, 3.05) is 36.8 Å². The van der Waals surface area contributed by atoms with E-state index in [1.54, 1.807) is 12.1 Å². The fourth-order valence-electron chi connectivity index (χ4n) is 3.39. The van der Waals surface area contributed by atoms with Gasteiger partial charge in [0.2, 0.25) is 5.91 Å². The third kappa shape index (κ3) is 4.42. The number of piperazine rings is 1. The first-order chi connectivity index (χ1) is 14.1. The number of para-hydroxylation sites is 1. The third-order valence-electron chi connectivity index (χ3n) is 4.96. The number of amides is 1. The van der Waals surface area contributed by atoms with Gasteiger partial charge in [-0.15, -0.1) is 10.2 Å². The molecule has 1 aliphatic rings. The molecule has 8 heteroatoms. The molecule has 3 aromatic rings. The van der Waals surface area contributed by atoms with Gasteiger partial charge < -0.3 is 9.80 Å². The van der Waals surface area contributed by atoms with Gasteiger partial charge in [-0.25, -0.2) is 4.39 Å². The molecule has 0 N–H and O–H groups in total. The second kappa shape index (κ2) is 8.65. The van der Waals surface area contributed by atoms with Crippen LogP contribution in [0.15, 0.2) is 59.8 Å². The molecule has 0 radical (unpaired) electrons. The first-order valence-corrected chi connectivity index (χ1v) is 10.5. The van der Waals surface area contributed by atoms with E-state index in [1.165, 1.54) is 23.9 Å². The molecule has 0 unspecified atom stereocenters. The SMILES string of the molecule is Cc1nnc(SCC(=O)N2CCN(c3ccc(F)cc3)CC2)n1-c1ccccc1. The van der Waals surface area contributed by atoms with Gasteiger partial charge in [0.15, 0.2) is 5.16 Å². The molecule has 0 spiro atoms. The number of aryl methyl sites for hydroxylation is 1. The summed E-state index contributed by atoms with van der Waals surface area (Å²) >= 11 is 1.41. The largest absolute Gasteiger partial charge is 0.368 e. The van der Waals surface area contributed by atoms with E-state index in [4.69, 9.17) is 0 Å². The lowest BCUT2D eigenvalue weighted by atomic mass is 10.2. The molecule has 1 fully saturated rings. The van der Waals surface area contributed by atoms with Crippen molar-refractivity contribution in [1.82, 2.24) is 19.7 Å². The Balaban J connectivity index is 1.34. The van der Waals surface area contributed by atoms with Crippen LogP contribution >= 0.6 is 11.8 Å². The van der Waals surface area contributed by atoms with Crippen LogP contribution in [0.25, 0.3) is 5.69 Å². The molecular formula is C21H22FN5OS. The standard InChI is InChI=1S/C21H22FN5OS/c1-16-23-24-21(27(16)19-5-3-2-4-6-19)29-15-20(28)26-13-11-25(12-14-26)18-9-7-17(22)8-10-18/h2-10H,11-15H2,1H3. The van der Waals surface area contributed by atoms with Gasteiger partial charge in [0.25, 0.3) is 0 Å². The maximum absolute atomic E-state index is 13.1. The van der Waals surface area contributed by atoms with Crippen LogP contribution in [0.4, 0.5) is 10.1 Å². The highest BCUT2D eigenvalue weighted by atomic mass is 32.2. The van der Waals surface area contributed by atoms with E-state index in [2.05, 4.69) is 15.1 Å². The predicted molar refractivity (Wildman–Crippen MR) is 112 cm³/mol. The van der Waals surface area contributed by atoms with E-state index in [0.717, 1.165) is 30.3 Å². The summed E-state index contributed by atoms with van der Waals surface area (Å²) in [5, 5.41) is 9.12. The molecule has 4 rings (SSSR count). The van der Waals surface area contributed by atoms with Crippen LogP contribution in [0.1, 0.15) is 5.82 Å². The molecule has 2 aromatic carbocycles. The first kappa shape index (κ1) is 19.4. The van der Waals surface area contributed by atoms with E-state index in [-0.39, 0.29) is 11.7 Å². The van der Waals surface area contributed by atoms with Crippen LogP contribution in [0.3, 0.4) is 0 Å². The van der Waals surface area contributed by atoms with Gasteiger partial charge in [0.1, 0.15) is 11.6 Å². The Morgan fingerprint density at radius 2 is 1.66 bits per heavy atom. The maximum atomic E-state index is 13.1. The maximum Gasteiger partial charge on any atom is 0.233 e. The number of thioether (sulfide) groups is 1. The molecule has 0 bridgehead atoms. The molecule has 0 atom stereocenters. The van der Waals surface area contributed by atoms with Gasteiger partial charge in [-0.2, -0.15) is 0 Å². The van der Waals surface area contributed by atoms with Crippen LogP contribution in [-0.2, 0) is 4.79 Å². The Labute approximate surface area is 173 Å². The second-order valence-corrected chi connectivity index (χ2v) is 7.78. The fraction of sp³-hybridized carbons (Fsp3) is 0.286. The average Bonchev–Trinajstić information content (AvgIpc) is 3.13. The Morgan fingerprint density at radius 1 is 0.966 bits per heavy atom. The Morgan fingerprint density at radius 3 is 2.34 bits per heavy atom. The van der Waals surface area contributed by atoms with Crippen molar-refractivity contribution in [1.29, 1.82) is 0 Å². The first-order valence-electron chi connectivity index (χ1n) is 9.50. The van der Waals surface area contributed by atoms with Crippen LogP contribution in [-0.4, -0.2) is 57.5 Å². The summed E-state index contributed by atoms with van der Waals surface area (Å²) in [4.78, 5) is 16.7. The van der Waals surface area contributed by atoms with E-state index < -0.39 is 0 Å². The number of hydrogen-bond donors (Lipinski definition) is 0. The van der Waals surface area contributed by atoms with Crippen molar-refractivity contribution >= 4 is 23.4 Å². The molecule has 29 heavy (non-hydrogen) atoms. The lowest BCUT2D eigenvalue weighted by Gasteiger charge is -2.36. The van der Waals surface area contributed by atoms with Crippen molar-refractivity contribution in [2.45, 2.75) is 12.1 Å². The van der Waals surface area contributed by atoms with Gasteiger partial charge in [-0.1, -0.05) is 30.0 Å². The predicted octanol–water partition coefficient (Wildman–Crippen LogP) is 3.16. The zero-order valence-electron chi connectivity index (χ0n) is 16.2. The fourth-order valence-corrected chi connectivity index (χ4v) is 4.29. The summed E-state index contributed by atoms with van der Waals surface area (Å²) in [6.45, 7) is 4.69. The van der Waals surface area contributed by atoms with Crippen molar-refractivity contribution in [2.24, 2.45) is 0 Å². The lowest BCUT2D eigenvalue weighted by Crippen LogP contribution is -2.49. The van der Waals surface area contributed by atoms with Crippen LogP contribution < -0.4 is 4.90 Å². The topological polar surface area (TPSA) is 54.3 Å². The smallest absolute Gasteiger partial charge is 0.233 e. The molecule has 1 aliphatic heterocycles. The van der Waals surface area contributed by atoms with Crippen LogP contribution in [0, 0.1) is 12.7 Å². The number of hydrogen-bond acceptors (Lipinski definition) is 5. The zero-order valence-corrected chi connectivity index (χ0v) is 17.0. The highest BCUT2D eigenvalue weighted by Gasteiger charge is 2.22. The van der Waals surface area contributed by atoms with Crippen molar-refractivity contribution in [3.63, 3.8) is 0 Å². The van der Waals surface area contributed by atoms with E-state index in [0.29, 0.717) is 24.0 Å². The quantitative estimate of drug-likeness (QED) is 0.604. The van der Waals surface area contributed by atoms with Crippen LogP contribution in [0.2, 0.25) is 0 Å². The van der Waals surface area contributed by atoms with Crippen molar-refractivity contribution < 1.29 is 9.18 Å². The van der Waals surface area contributed by atoms with Gasteiger partial charge in [0.05, 0.1) is 5.75 Å². The normalized spacial score (nSPS) is 14.3. The number of nitrogens with zero attached hydrogens (tertiary/aromatic N) is 5. The molecule has 1 aromatic heterocycles. The molecule has 6 nitrogen and oxygen atoms in total.